The number of carbonyl (C=O) groups excluding carboxylic acids is 1. The molecule has 1 aromatic carbocycles. The van der Waals surface area contributed by atoms with Gasteiger partial charge in [0, 0.05) is 10.9 Å². The minimum atomic E-state index is -0.0450. The number of carbonyl (C=O) groups is 1. The molecule has 0 bridgehead atoms. The third-order valence-corrected chi connectivity index (χ3v) is 3.54. The average molecular weight is 237 g/mol. The molecule has 0 radical (unpaired) electrons. The highest BCUT2D eigenvalue weighted by molar-refractivity contribution is 8.00. The highest BCUT2D eigenvalue weighted by atomic mass is 32.2. The van der Waals surface area contributed by atoms with Gasteiger partial charge < -0.3 is 5.32 Å². The van der Waals surface area contributed by atoms with Crippen LogP contribution in [0, 0.1) is 0 Å². The Bertz CT molecular complexity index is 326. The van der Waals surface area contributed by atoms with E-state index in [0.29, 0.717) is 0 Å². The van der Waals surface area contributed by atoms with Crippen molar-refractivity contribution in [2.45, 2.75) is 43.4 Å². The van der Waals surface area contributed by atoms with Crippen LogP contribution in [0.15, 0.2) is 35.2 Å². The zero-order chi connectivity index (χ0) is 12.0. The lowest BCUT2D eigenvalue weighted by atomic mass is 10.2. The summed E-state index contributed by atoms with van der Waals surface area (Å²) in [4.78, 5) is 12.9. The van der Waals surface area contributed by atoms with E-state index in [9.17, 15) is 4.79 Å². The number of hydrogen-bond donors (Lipinski definition) is 1. The lowest BCUT2D eigenvalue weighted by Gasteiger charge is -2.15. The summed E-state index contributed by atoms with van der Waals surface area (Å²) in [6, 6.07) is 10.3. The van der Waals surface area contributed by atoms with Gasteiger partial charge in [-0.15, -0.1) is 11.8 Å². The predicted octanol–water partition coefficient (Wildman–Crippen LogP) is 3.08. The van der Waals surface area contributed by atoms with Crippen molar-refractivity contribution in [1.82, 2.24) is 5.32 Å². The third-order valence-electron chi connectivity index (χ3n) is 2.43. The van der Waals surface area contributed by atoms with Crippen molar-refractivity contribution in [3.05, 3.63) is 30.3 Å². The van der Waals surface area contributed by atoms with Gasteiger partial charge in [-0.3, -0.25) is 4.79 Å². The molecule has 0 fully saturated rings. The summed E-state index contributed by atoms with van der Waals surface area (Å²) in [6.07, 6.45) is 0.967. The molecule has 0 unspecified atom stereocenters. The van der Waals surface area contributed by atoms with Crippen molar-refractivity contribution in [3.63, 3.8) is 0 Å². The van der Waals surface area contributed by atoms with Crippen molar-refractivity contribution in [2.24, 2.45) is 0 Å². The number of hydrogen-bond acceptors (Lipinski definition) is 2. The molecule has 0 aliphatic heterocycles. The summed E-state index contributed by atoms with van der Waals surface area (Å²) in [5.74, 6) is 0.114. The van der Waals surface area contributed by atoms with Gasteiger partial charge in [0.2, 0.25) is 5.91 Å². The van der Waals surface area contributed by atoms with Gasteiger partial charge in [0.05, 0.1) is 5.25 Å². The first-order valence-corrected chi connectivity index (χ1v) is 6.53. The van der Waals surface area contributed by atoms with Crippen LogP contribution < -0.4 is 5.32 Å². The third kappa shape index (κ3) is 4.27. The number of amides is 1. The number of rotatable bonds is 5. The van der Waals surface area contributed by atoms with Crippen LogP contribution in [0.2, 0.25) is 0 Å². The average Bonchev–Trinajstić information content (AvgIpc) is 2.30. The van der Waals surface area contributed by atoms with Crippen LogP contribution in [0.3, 0.4) is 0 Å². The van der Waals surface area contributed by atoms with E-state index in [1.807, 2.05) is 44.2 Å². The van der Waals surface area contributed by atoms with E-state index in [1.54, 1.807) is 11.8 Å². The van der Waals surface area contributed by atoms with Gasteiger partial charge in [0.25, 0.3) is 0 Å². The van der Waals surface area contributed by atoms with Crippen LogP contribution in [0.5, 0.6) is 0 Å². The molecule has 0 spiro atoms. The largest absolute Gasteiger partial charge is 0.353 e. The van der Waals surface area contributed by atoms with Gasteiger partial charge in [-0.05, 0) is 32.4 Å². The van der Waals surface area contributed by atoms with Gasteiger partial charge >= 0.3 is 0 Å². The Morgan fingerprint density at radius 3 is 2.50 bits per heavy atom. The molecular weight excluding hydrogens is 218 g/mol. The molecule has 0 aliphatic carbocycles. The van der Waals surface area contributed by atoms with Gasteiger partial charge in [-0.2, -0.15) is 0 Å². The first kappa shape index (κ1) is 13.1. The molecule has 1 aromatic rings. The minimum absolute atomic E-state index is 0.0450. The van der Waals surface area contributed by atoms with Crippen LogP contribution in [-0.4, -0.2) is 17.2 Å². The van der Waals surface area contributed by atoms with Crippen molar-refractivity contribution in [3.8, 4) is 0 Å². The topological polar surface area (TPSA) is 29.1 Å². The number of benzene rings is 1. The van der Waals surface area contributed by atoms with Crippen molar-refractivity contribution >= 4 is 17.7 Å². The van der Waals surface area contributed by atoms with Crippen LogP contribution in [0.4, 0.5) is 0 Å². The van der Waals surface area contributed by atoms with Gasteiger partial charge in [-0.1, -0.05) is 25.1 Å². The lowest BCUT2D eigenvalue weighted by Crippen LogP contribution is -2.37. The molecule has 2 nitrogen and oxygen atoms in total. The number of nitrogens with one attached hydrogen (secondary N) is 1. The van der Waals surface area contributed by atoms with E-state index < -0.39 is 0 Å². The molecule has 0 heterocycles. The molecule has 1 N–H and O–H groups in total. The molecule has 2 atom stereocenters. The van der Waals surface area contributed by atoms with E-state index in [1.165, 1.54) is 0 Å². The Hall–Kier alpha value is -0.960. The second-order valence-corrected chi connectivity index (χ2v) is 5.31. The normalized spacial score (nSPS) is 14.2. The Labute approximate surface area is 102 Å². The fraction of sp³-hybridized carbons (Fsp3) is 0.462. The molecule has 1 rings (SSSR count). The fourth-order valence-corrected chi connectivity index (χ4v) is 2.12. The van der Waals surface area contributed by atoms with Crippen LogP contribution in [-0.2, 0) is 4.79 Å². The van der Waals surface area contributed by atoms with Crippen molar-refractivity contribution in [2.75, 3.05) is 0 Å². The summed E-state index contributed by atoms with van der Waals surface area (Å²) >= 11 is 1.59. The van der Waals surface area contributed by atoms with Gasteiger partial charge in [-0.25, -0.2) is 0 Å². The van der Waals surface area contributed by atoms with Crippen molar-refractivity contribution < 1.29 is 4.79 Å². The molecule has 16 heavy (non-hydrogen) atoms. The molecular formula is C13H19NOS. The maximum absolute atomic E-state index is 11.8. The first-order chi connectivity index (χ1) is 7.63. The monoisotopic (exact) mass is 237 g/mol. The van der Waals surface area contributed by atoms with Crippen molar-refractivity contribution in [1.29, 1.82) is 0 Å². The zero-order valence-corrected chi connectivity index (χ0v) is 10.9. The summed E-state index contributed by atoms with van der Waals surface area (Å²) < 4.78 is 0. The molecule has 3 heteroatoms. The zero-order valence-electron chi connectivity index (χ0n) is 10.1. The quantitative estimate of drug-likeness (QED) is 0.797. The summed E-state index contributed by atoms with van der Waals surface area (Å²) in [5.41, 5.74) is 0. The Morgan fingerprint density at radius 1 is 1.31 bits per heavy atom. The van der Waals surface area contributed by atoms with Crippen LogP contribution >= 0.6 is 11.8 Å². The van der Waals surface area contributed by atoms with E-state index in [2.05, 4.69) is 12.2 Å². The first-order valence-electron chi connectivity index (χ1n) is 5.65. The molecule has 0 aromatic heterocycles. The van der Waals surface area contributed by atoms with Gasteiger partial charge in [0.15, 0.2) is 0 Å². The highest BCUT2D eigenvalue weighted by Gasteiger charge is 2.15. The second-order valence-electron chi connectivity index (χ2n) is 3.89. The summed E-state index contributed by atoms with van der Waals surface area (Å²) in [6.45, 7) is 6.03. The number of thioether (sulfide) groups is 1. The predicted molar refractivity (Wildman–Crippen MR) is 69.7 cm³/mol. The van der Waals surface area contributed by atoms with E-state index in [-0.39, 0.29) is 17.2 Å². The fourth-order valence-electron chi connectivity index (χ4n) is 1.22. The van der Waals surface area contributed by atoms with E-state index >= 15 is 0 Å². The maximum Gasteiger partial charge on any atom is 0.233 e. The minimum Gasteiger partial charge on any atom is -0.353 e. The van der Waals surface area contributed by atoms with Gasteiger partial charge in [0.1, 0.15) is 0 Å². The van der Waals surface area contributed by atoms with E-state index in [0.717, 1.165) is 11.3 Å². The molecule has 88 valence electrons. The van der Waals surface area contributed by atoms with Crippen LogP contribution in [0.1, 0.15) is 27.2 Å². The molecule has 0 aliphatic rings. The standard InChI is InChI=1S/C13H19NOS/c1-4-10(2)14-13(15)11(3)16-12-8-6-5-7-9-12/h5-11H,4H2,1-3H3,(H,14,15)/t10-,11-/m0/s1. The molecule has 0 saturated carbocycles. The smallest absolute Gasteiger partial charge is 0.233 e. The SMILES string of the molecule is CC[C@H](C)NC(=O)[C@H](C)Sc1ccccc1. The Kier molecular flexibility index (Phi) is 5.39. The summed E-state index contributed by atoms with van der Waals surface area (Å²) in [7, 11) is 0. The lowest BCUT2D eigenvalue weighted by molar-refractivity contribution is -0.120. The van der Waals surface area contributed by atoms with E-state index in [4.69, 9.17) is 0 Å². The maximum atomic E-state index is 11.8. The Morgan fingerprint density at radius 2 is 1.94 bits per heavy atom. The molecule has 0 saturated heterocycles. The summed E-state index contributed by atoms with van der Waals surface area (Å²) in [5, 5.41) is 2.94. The molecule has 1 amide bonds. The second kappa shape index (κ2) is 6.59. The Balaban J connectivity index is 2.46. The van der Waals surface area contributed by atoms with Crippen LogP contribution in [0.25, 0.3) is 0 Å². The highest BCUT2D eigenvalue weighted by Crippen LogP contribution is 2.22.